The van der Waals surface area contributed by atoms with Crippen LogP contribution < -0.4 is 10.5 Å². The van der Waals surface area contributed by atoms with Crippen molar-refractivity contribution in [3.63, 3.8) is 0 Å². The van der Waals surface area contributed by atoms with E-state index in [1.807, 2.05) is 6.07 Å². The summed E-state index contributed by atoms with van der Waals surface area (Å²) in [4.78, 5) is 13.7. The minimum atomic E-state index is -0.437. The molecule has 98 valence electrons. The van der Waals surface area contributed by atoms with Crippen LogP contribution >= 0.6 is 45.2 Å². The summed E-state index contributed by atoms with van der Waals surface area (Å²) in [7, 11) is 2.07. The molecular weight excluding hydrogens is 458 g/mol. The van der Waals surface area contributed by atoms with Crippen LogP contribution in [0.3, 0.4) is 0 Å². The van der Waals surface area contributed by atoms with Gasteiger partial charge in [0.2, 0.25) is 0 Å². The number of rotatable bonds is 3. The summed E-state index contributed by atoms with van der Waals surface area (Å²) in [6, 6.07) is 3.76. The Hall–Kier alpha value is -0.0900. The Morgan fingerprint density at radius 3 is 2.78 bits per heavy atom. The molecule has 0 aromatic heterocycles. The second kappa shape index (κ2) is 5.91. The fraction of sp³-hybridized carbons (Fsp3) is 0.417. The molecule has 18 heavy (non-hydrogen) atoms. The van der Waals surface area contributed by atoms with Crippen LogP contribution in [0.4, 0.5) is 0 Å². The standard InChI is InChI=1S/C12H14I2N2O2/c1-16-3-2-8(6-16)18-11-9(12(15)17)4-7(13)5-10(11)14/h4-5,8H,2-3,6H2,1H3,(H2,15,17). The first kappa shape index (κ1) is 14.3. The molecule has 4 nitrogen and oxygen atoms in total. The lowest BCUT2D eigenvalue weighted by Gasteiger charge is -2.17. The van der Waals surface area contributed by atoms with Crippen LogP contribution in [0, 0.1) is 7.14 Å². The van der Waals surface area contributed by atoms with Gasteiger partial charge in [-0.1, -0.05) is 0 Å². The van der Waals surface area contributed by atoms with E-state index in [0.29, 0.717) is 11.3 Å². The van der Waals surface area contributed by atoms with E-state index in [0.717, 1.165) is 26.7 Å². The number of halogens is 2. The van der Waals surface area contributed by atoms with Gasteiger partial charge in [0.15, 0.2) is 0 Å². The number of nitrogens with two attached hydrogens (primary N) is 1. The van der Waals surface area contributed by atoms with E-state index in [9.17, 15) is 4.79 Å². The molecule has 1 aliphatic heterocycles. The van der Waals surface area contributed by atoms with E-state index in [-0.39, 0.29) is 6.10 Å². The molecule has 0 spiro atoms. The van der Waals surface area contributed by atoms with Crippen molar-refractivity contribution in [1.29, 1.82) is 0 Å². The maximum Gasteiger partial charge on any atom is 0.252 e. The quantitative estimate of drug-likeness (QED) is 0.687. The van der Waals surface area contributed by atoms with Gasteiger partial charge in [-0.15, -0.1) is 0 Å². The van der Waals surface area contributed by atoms with Crippen molar-refractivity contribution in [2.24, 2.45) is 5.73 Å². The van der Waals surface area contributed by atoms with E-state index in [2.05, 4.69) is 57.1 Å². The molecule has 1 heterocycles. The largest absolute Gasteiger partial charge is 0.487 e. The summed E-state index contributed by atoms with van der Waals surface area (Å²) >= 11 is 4.36. The normalized spacial score (nSPS) is 20.1. The molecule has 1 aromatic rings. The number of primary amides is 1. The predicted molar refractivity (Wildman–Crippen MR) is 86.9 cm³/mol. The molecule has 2 N–H and O–H groups in total. The molecule has 1 saturated heterocycles. The summed E-state index contributed by atoms with van der Waals surface area (Å²) in [5, 5.41) is 0. The van der Waals surface area contributed by atoms with Crippen molar-refractivity contribution < 1.29 is 9.53 Å². The van der Waals surface area contributed by atoms with Crippen LogP contribution in [0.15, 0.2) is 12.1 Å². The van der Waals surface area contributed by atoms with Gasteiger partial charge in [-0.05, 0) is 70.8 Å². The summed E-state index contributed by atoms with van der Waals surface area (Å²) < 4.78 is 7.89. The van der Waals surface area contributed by atoms with E-state index < -0.39 is 5.91 Å². The third-order valence-corrected chi connectivity index (χ3v) is 4.33. The van der Waals surface area contributed by atoms with Gasteiger partial charge in [-0.25, -0.2) is 0 Å². The molecule has 1 aliphatic rings. The Labute approximate surface area is 134 Å². The molecule has 0 saturated carbocycles. The first-order valence-corrected chi connectivity index (χ1v) is 7.77. The first-order valence-electron chi connectivity index (χ1n) is 5.61. The minimum absolute atomic E-state index is 0.140. The molecule has 6 heteroatoms. The van der Waals surface area contributed by atoms with Crippen molar-refractivity contribution in [2.75, 3.05) is 20.1 Å². The summed E-state index contributed by atoms with van der Waals surface area (Å²) in [6.45, 7) is 1.91. The molecule has 1 amide bonds. The Kier molecular flexibility index (Phi) is 4.70. The average molecular weight is 472 g/mol. The van der Waals surface area contributed by atoms with Crippen LogP contribution in [0.1, 0.15) is 16.8 Å². The van der Waals surface area contributed by atoms with Crippen molar-refractivity contribution >= 4 is 51.1 Å². The second-order valence-electron chi connectivity index (χ2n) is 4.42. The van der Waals surface area contributed by atoms with E-state index in [4.69, 9.17) is 10.5 Å². The van der Waals surface area contributed by atoms with Crippen LogP contribution in [-0.4, -0.2) is 37.0 Å². The lowest BCUT2D eigenvalue weighted by atomic mass is 10.2. The van der Waals surface area contributed by atoms with Crippen LogP contribution in [0.2, 0.25) is 0 Å². The number of likely N-dealkylation sites (tertiary alicyclic amines) is 1. The third kappa shape index (κ3) is 3.27. The van der Waals surface area contributed by atoms with E-state index in [1.165, 1.54) is 0 Å². The number of carbonyl (C=O) groups excluding carboxylic acids is 1. The van der Waals surface area contributed by atoms with Crippen molar-refractivity contribution in [1.82, 2.24) is 4.90 Å². The van der Waals surface area contributed by atoms with Crippen molar-refractivity contribution in [3.05, 3.63) is 24.8 Å². The van der Waals surface area contributed by atoms with Gasteiger partial charge in [0.25, 0.3) is 5.91 Å². The minimum Gasteiger partial charge on any atom is -0.487 e. The number of amides is 1. The number of likely N-dealkylation sites (N-methyl/N-ethyl adjacent to an activating group) is 1. The molecule has 2 rings (SSSR count). The highest BCUT2D eigenvalue weighted by Crippen LogP contribution is 2.30. The zero-order valence-electron chi connectivity index (χ0n) is 9.95. The van der Waals surface area contributed by atoms with Crippen LogP contribution in [0.25, 0.3) is 0 Å². The fourth-order valence-corrected chi connectivity index (χ4v) is 3.99. The second-order valence-corrected chi connectivity index (χ2v) is 6.83. The van der Waals surface area contributed by atoms with Crippen LogP contribution in [0.5, 0.6) is 5.75 Å². The summed E-state index contributed by atoms with van der Waals surface area (Å²) in [6.07, 6.45) is 1.12. The Bertz CT molecular complexity index is 479. The maximum absolute atomic E-state index is 11.5. The maximum atomic E-state index is 11.5. The number of ether oxygens (including phenoxy) is 1. The summed E-state index contributed by atoms with van der Waals surface area (Å²) in [5.41, 5.74) is 5.89. The van der Waals surface area contributed by atoms with Gasteiger partial charge in [0.1, 0.15) is 11.9 Å². The number of hydrogen-bond donors (Lipinski definition) is 1. The lowest BCUT2D eigenvalue weighted by Crippen LogP contribution is -2.23. The highest BCUT2D eigenvalue weighted by Gasteiger charge is 2.24. The van der Waals surface area contributed by atoms with E-state index in [1.54, 1.807) is 6.07 Å². The lowest BCUT2D eigenvalue weighted by molar-refractivity contribution is 0.0993. The Morgan fingerprint density at radius 2 is 2.22 bits per heavy atom. The smallest absolute Gasteiger partial charge is 0.252 e. The van der Waals surface area contributed by atoms with Gasteiger partial charge in [-0.3, -0.25) is 4.79 Å². The number of carbonyl (C=O) groups is 1. The van der Waals surface area contributed by atoms with Gasteiger partial charge in [0, 0.05) is 16.7 Å². The highest BCUT2D eigenvalue weighted by molar-refractivity contribution is 14.1. The Balaban J connectivity index is 2.28. The van der Waals surface area contributed by atoms with Gasteiger partial charge in [-0.2, -0.15) is 0 Å². The number of nitrogens with zero attached hydrogens (tertiary/aromatic N) is 1. The van der Waals surface area contributed by atoms with Gasteiger partial charge >= 0.3 is 0 Å². The average Bonchev–Trinajstić information content (AvgIpc) is 2.67. The SMILES string of the molecule is CN1CCC(Oc2c(I)cc(I)cc2C(N)=O)C1. The molecule has 0 radical (unpaired) electrons. The monoisotopic (exact) mass is 472 g/mol. The number of hydrogen-bond acceptors (Lipinski definition) is 3. The van der Waals surface area contributed by atoms with E-state index >= 15 is 0 Å². The zero-order chi connectivity index (χ0) is 13.3. The predicted octanol–water partition coefficient (Wildman–Crippen LogP) is 2.08. The van der Waals surface area contributed by atoms with Gasteiger partial charge in [0.05, 0.1) is 9.13 Å². The first-order chi connectivity index (χ1) is 8.47. The molecular formula is C12H14I2N2O2. The fourth-order valence-electron chi connectivity index (χ4n) is 2.02. The molecule has 1 aromatic carbocycles. The van der Waals surface area contributed by atoms with Crippen LogP contribution in [-0.2, 0) is 0 Å². The Morgan fingerprint density at radius 1 is 1.50 bits per heavy atom. The highest BCUT2D eigenvalue weighted by atomic mass is 127. The number of benzene rings is 1. The molecule has 0 aliphatic carbocycles. The third-order valence-electron chi connectivity index (χ3n) is 2.91. The van der Waals surface area contributed by atoms with Gasteiger partial charge < -0.3 is 15.4 Å². The zero-order valence-corrected chi connectivity index (χ0v) is 14.3. The topological polar surface area (TPSA) is 55.6 Å². The summed E-state index contributed by atoms with van der Waals surface area (Å²) in [5.74, 6) is 0.191. The molecule has 1 atom stereocenters. The molecule has 1 fully saturated rings. The van der Waals surface area contributed by atoms with Crippen molar-refractivity contribution in [2.45, 2.75) is 12.5 Å². The molecule has 1 unspecified atom stereocenters. The van der Waals surface area contributed by atoms with Crippen molar-refractivity contribution in [3.8, 4) is 5.75 Å². The molecule has 0 bridgehead atoms.